The van der Waals surface area contributed by atoms with Gasteiger partial charge >= 0.3 is 0 Å². The molecule has 4 unspecified atom stereocenters. The van der Waals surface area contributed by atoms with Crippen LogP contribution in [0.5, 0.6) is 11.5 Å². The maximum absolute atomic E-state index is 12.7. The van der Waals surface area contributed by atoms with Gasteiger partial charge in [-0.15, -0.1) is 18.5 Å². The second-order valence-corrected chi connectivity index (χ2v) is 10.5. The number of nitrogens with zero attached hydrogens (tertiary/aromatic N) is 2. The Morgan fingerprint density at radius 3 is 1.69 bits per heavy atom. The Morgan fingerprint density at radius 2 is 1.24 bits per heavy atom. The first-order chi connectivity index (χ1) is 20.2. The molecular formula is C32H42F2N4O2P2. The standard InChI is InChI=1S/C16H20FN2OP.C14H16FN2OP.C2H6/c1-11(2)20-14-6-4-13(5-7-14)16(21)19-10-12-3-8-15(17)18-9-12;1-18-12-4-2-3-11(7-12)14(19)17-9-10-5-6-13(15)16-8-10;1-2/h3-9,11,16,19H,10,21H2,1-2H3;2-8,14,17H,9,19H2,1H3;1-2H3. The quantitative estimate of drug-likeness (QED) is 0.134. The van der Waals surface area contributed by atoms with Crippen LogP contribution >= 0.6 is 18.5 Å². The van der Waals surface area contributed by atoms with E-state index in [-0.39, 0.29) is 17.7 Å². The Morgan fingerprint density at radius 1 is 0.714 bits per heavy atom. The van der Waals surface area contributed by atoms with Gasteiger partial charge in [-0.25, -0.2) is 9.97 Å². The third-order valence-electron chi connectivity index (χ3n) is 5.69. The van der Waals surface area contributed by atoms with Crippen molar-refractivity contribution in [3.05, 3.63) is 119 Å². The second kappa shape index (κ2) is 19.2. The van der Waals surface area contributed by atoms with Gasteiger partial charge in [-0.05, 0) is 72.5 Å². The lowest BCUT2D eigenvalue weighted by Crippen LogP contribution is -2.16. The summed E-state index contributed by atoms with van der Waals surface area (Å²) in [5, 5.41) is 6.69. The fraction of sp³-hybridized carbons (Fsp3) is 0.312. The Hall–Kier alpha value is -3.02. The first-order valence-electron chi connectivity index (χ1n) is 13.8. The average molecular weight is 615 g/mol. The number of rotatable bonds is 11. The maximum Gasteiger partial charge on any atom is 0.212 e. The fourth-order valence-corrected chi connectivity index (χ4v) is 4.24. The lowest BCUT2D eigenvalue weighted by Gasteiger charge is -2.15. The van der Waals surface area contributed by atoms with Gasteiger partial charge in [-0.3, -0.25) is 0 Å². The zero-order valence-electron chi connectivity index (χ0n) is 24.9. The molecule has 42 heavy (non-hydrogen) atoms. The van der Waals surface area contributed by atoms with Crippen LogP contribution in [-0.2, 0) is 13.1 Å². The summed E-state index contributed by atoms with van der Waals surface area (Å²) < 4.78 is 36.2. The summed E-state index contributed by atoms with van der Waals surface area (Å²) in [4.78, 5) is 7.26. The monoisotopic (exact) mass is 614 g/mol. The molecule has 0 bridgehead atoms. The van der Waals surface area contributed by atoms with Gasteiger partial charge in [0.05, 0.1) is 13.2 Å². The summed E-state index contributed by atoms with van der Waals surface area (Å²) in [6, 6.07) is 22.0. The Labute approximate surface area is 253 Å². The summed E-state index contributed by atoms with van der Waals surface area (Å²) in [6.45, 7) is 9.26. The van der Waals surface area contributed by atoms with Gasteiger partial charge in [-0.1, -0.05) is 50.2 Å². The van der Waals surface area contributed by atoms with Crippen LogP contribution in [0.1, 0.15) is 61.5 Å². The Kier molecular flexibility index (Phi) is 16.1. The highest BCUT2D eigenvalue weighted by Crippen LogP contribution is 2.25. The van der Waals surface area contributed by atoms with Gasteiger partial charge in [0.1, 0.15) is 11.5 Å². The van der Waals surface area contributed by atoms with Crippen LogP contribution in [0.4, 0.5) is 8.78 Å². The molecular weight excluding hydrogens is 572 g/mol. The van der Waals surface area contributed by atoms with Crippen molar-refractivity contribution in [3.8, 4) is 11.5 Å². The van der Waals surface area contributed by atoms with Crippen molar-refractivity contribution < 1.29 is 18.3 Å². The number of pyridine rings is 2. The smallest absolute Gasteiger partial charge is 0.212 e. The Balaban J connectivity index is 0.000000278. The first kappa shape index (κ1) is 35.2. The van der Waals surface area contributed by atoms with Crippen LogP contribution in [0, 0.1) is 11.9 Å². The molecule has 0 spiro atoms. The molecule has 226 valence electrons. The number of benzene rings is 2. The largest absolute Gasteiger partial charge is 0.497 e. The lowest BCUT2D eigenvalue weighted by molar-refractivity contribution is 0.242. The lowest BCUT2D eigenvalue weighted by atomic mass is 10.2. The first-order valence-corrected chi connectivity index (χ1v) is 15.2. The summed E-state index contributed by atoms with van der Waals surface area (Å²) in [5.74, 6) is 0.994. The number of hydrogen-bond donors (Lipinski definition) is 2. The SMILES string of the molecule is CC.CC(C)Oc1ccc(C(P)NCc2ccc(F)nc2)cc1.COc1cccc(C(P)NCc2ccc(F)nc2)c1. The highest BCUT2D eigenvalue weighted by molar-refractivity contribution is 7.17. The molecule has 2 N–H and O–H groups in total. The third-order valence-corrected chi connectivity index (χ3v) is 6.93. The molecule has 4 atom stereocenters. The van der Waals surface area contributed by atoms with E-state index in [4.69, 9.17) is 9.47 Å². The molecule has 0 aliphatic carbocycles. The van der Waals surface area contributed by atoms with Gasteiger partial charge in [0, 0.05) is 37.0 Å². The summed E-state index contributed by atoms with van der Waals surface area (Å²) >= 11 is 0. The van der Waals surface area contributed by atoms with Crippen LogP contribution in [0.2, 0.25) is 0 Å². The van der Waals surface area contributed by atoms with Crippen LogP contribution in [0.25, 0.3) is 0 Å². The minimum absolute atomic E-state index is 0.0974. The molecule has 0 fully saturated rings. The molecule has 10 heteroatoms. The van der Waals surface area contributed by atoms with Gasteiger partial charge in [-0.2, -0.15) is 8.78 Å². The third kappa shape index (κ3) is 12.9. The maximum atomic E-state index is 12.7. The number of halogens is 2. The molecule has 0 aliphatic rings. The van der Waals surface area contributed by atoms with Crippen molar-refractivity contribution in [2.24, 2.45) is 0 Å². The molecule has 6 nitrogen and oxygen atoms in total. The van der Waals surface area contributed by atoms with Gasteiger partial charge in [0.25, 0.3) is 0 Å². The van der Waals surface area contributed by atoms with Crippen molar-refractivity contribution in [1.82, 2.24) is 20.6 Å². The fourth-order valence-electron chi connectivity index (χ4n) is 3.57. The molecule has 0 saturated heterocycles. The molecule has 4 rings (SSSR count). The van der Waals surface area contributed by atoms with Crippen molar-refractivity contribution in [2.75, 3.05) is 7.11 Å². The zero-order chi connectivity index (χ0) is 30.9. The van der Waals surface area contributed by atoms with E-state index in [1.807, 2.05) is 76.2 Å². The molecule has 2 aromatic heterocycles. The Bertz CT molecular complexity index is 1300. The number of aromatic nitrogens is 2. The highest BCUT2D eigenvalue weighted by atomic mass is 31.0. The molecule has 0 saturated carbocycles. The van der Waals surface area contributed by atoms with Crippen LogP contribution in [0.15, 0.2) is 85.2 Å². The van der Waals surface area contributed by atoms with E-state index in [0.717, 1.165) is 33.8 Å². The van der Waals surface area contributed by atoms with E-state index in [2.05, 4.69) is 39.1 Å². The molecule has 4 aromatic rings. The average Bonchev–Trinajstić information content (AvgIpc) is 3.01. The van der Waals surface area contributed by atoms with E-state index in [1.54, 1.807) is 25.4 Å². The van der Waals surface area contributed by atoms with E-state index in [1.165, 1.54) is 18.3 Å². The van der Waals surface area contributed by atoms with Crippen molar-refractivity contribution in [3.63, 3.8) is 0 Å². The predicted molar refractivity (Wildman–Crippen MR) is 174 cm³/mol. The van der Waals surface area contributed by atoms with E-state index < -0.39 is 11.9 Å². The van der Waals surface area contributed by atoms with Gasteiger partial charge < -0.3 is 20.1 Å². The summed E-state index contributed by atoms with van der Waals surface area (Å²) in [7, 11) is 7.14. The van der Waals surface area contributed by atoms with Crippen LogP contribution < -0.4 is 20.1 Å². The number of nitrogens with one attached hydrogen (secondary N) is 2. The summed E-state index contributed by atoms with van der Waals surface area (Å²) in [5.41, 5.74) is 4.14. The van der Waals surface area contributed by atoms with Gasteiger partial charge in [0.15, 0.2) is 0 Å². The van der Waals surface area contributed by atoms with E-state index in [0.29, 0.717) is 13.1 Å². The normalized spacial score (nSPS) is 11.9. The highest BCUT2D eigenvalue weighted by Gasteiger charge is 2.07. The van der Waals surface area contributed by atoms with Crippen LogP contribution in [-0.4, -0.2) is 23.2 Å². The summed E-state index contributed by atoms with van der Waals surface area (Å²) in [6.07, 6.45) is 3.25. The van der Waals surface area contributed by atoms with Gasteiger partial charge in [0.2, 0.25) is 11.9 Å². The second-order valence-electron chi connectivity index (χ2n) is 9.21. The minimum atomic E-state index is -0.459. The van der Waals surface area contributed by atoms with Crippen molar-refractivity contribution in [2.45, 2.75) is 58.5 Å². The minimum Gasteiger partial charge on any atom is -0.497 e. The zero-order valence-corrected chi connectivity index (χ0v) is 27.2. The molecule has 0 radical (unpaired) electrons. The number of methoxy groups -OCH3 is 1. The molecule has 0 aliphatic heterocycles. The molecule has 2 aromatic carbocycles. The molecule has 0 amide bonds. The molecule has 2 heterocycles. The van der Waals surface area contributed by atoms with Crippen LogP contribution in [0.3, 0.4) is 0 Å². The topological polar surface area (TPSA) is 68.3 Å². The van der Waals surface area contributed by atoms with Crippen molar-refractivity contribution in [1.29, 1.82) is 0 Å². The number of hydrogen-bond acceptors (Lipinski definition) is 6. The van der Waals surface area contributed by atoms with E-state index >= 15 is 0 Å². The number of ether oxygens (including phenoxy) is 2. The predicted octanol–water partition coefficient (Wildman–Crippen LogP) is 7.59. The van der Waals surface area contributed by atoms with Crippen molar-refractivity contribution >= 4 is 18.5 Å². The van der Waals surface area contributed by atoms with E-state index in [9.17, 15) is 8.78 Å².